The first-order valence-electron chi connectivity index (χ1n) is 9.04. The molecular formula is C20H24F3N3O3. The third kappa shape index (κ3) is 5.16. The van der Waals surface area contributed by atoms with E-state index in [-0.39, 0.29) is 30.6 Å². The van der Waals surface area contributed by atoms with Crippen molar-refractivity contribution >= 4 is 11.9 Å². The molecule has 158 valence electrons. The Balaban J connectivity index is 2.34. The number of ether oxygens (including phenoxy) is 1. The number of aryl methyl sites for hydroxylation is 1. The number of halogens is 3. The van der Waals surface area contributed by atoms with Crippen molar-refractivity contribution < 1.29 is 27.5 Å². The summed E-state index contributed by atoms with van der Waals surface area (Å²) >= 11 is 0. The molecule has 1 heterocycles. The smallest absolute Gasteiger partial charge is 0.416 e. The predicted molar refractivity (Wildman–Crippen MR) is 101 cm³/mol. The SMILES string of the molecule is COC(=O)CN(C(=O)Cc1c(C)nn(-c2cccc(C(F)(F)F)c2)c1C)C(C)C. The number of aromatic nitrogens is 2. The van der Waals surface area contributed by atoms with E-state index in [0.717, 1.165) is 12.1 Å². The van der Waals surface area contributed by atoms with Crippen LogP contribution in [0.1, 0.15) is 36.4 Å². The van der Waals surface area contributed by atoms with Crippen LogP contribution >= 0.6 is 0 Å². The van der Waals surface area contributed by atoms with Gasteiger partial charge in [-0.05, 0) is 45.9 Å². The van der Waals surface area contributed by atoms with Crippen molar-refractivity contribution in [3.63, 3.8) is 0 Å². The van der Waals surface area contributed by atoms with E-state index in [1.54, 1.807) is 27.7 Å². The van der Waals surface area contributed by atoms with Crippen LogP contribution < -0.4 is 0 Å². The molecule has 0 atom stereocenters. The van der Waals surface area contributed by atoms with E-state index in [2.05, 4.69) is 9.84 Å². The standard InChI is InChI=1S/C20H24F3N3O3/c1-12(2)25(11-19(28)29-5)18(27)10-17-13(3)24-26(14(17)4)16-8-6-7-15(9-16)20(21,22)23/h6-9,12H,10-11H2,1-5H3. The van der Waals surface area contributed by atoms with Crippen molar-refractivity contribution in [2.75, 3.05) is 13.7 Å². The van der Waals surface area contributed by atoms with E-state index in [0.29, 0.717) is 17.0 Å². The molecule has 0 radical (unpaired) electrons. The molecule has 0 fully saturated rings. The Morgan fingerprint density at radius 2 is 1.90 bits per heavy atom. The van der Waals surface area contributed by atoms with Gasteiger partial charge >= 0.3 is 12.1 Å². The van der Waals surface area contributed by atoms with Gasteiger partial charge in [-0.1, -0.05) is 6.07 Å². The van der Waals surface area contributed by atoms with Crippen LogP contribution in [0.25, 0.3) is 5.69 Å². The fourth-order valence-electron chi connectivity index (χ4n) is 3.01. The molecule has 0 saturated carbocycles. The molecule has 0 N–H and O–H groups in total. The zero-order chi connectivity index (χ0) is 21.9. The number of esters is 1. The van der Waals surface area contributed by atoms with E-state index in [9.17, 15) is 22.8 Å². The minimum absolute atomic E-state index is 0.0220. The molecule has 1 aromatic carbocycles. The number of amides is 1. The van der Waals surface area contributed by atoms with E-state index in [4.69, 9.17) is 0 Å². The Morgan fingerprint density at radius 3 is 2.45 bits per heavy atom. The van der Waals surface area contributed by atoms with E-state index >= 15 is 0 Å². The van der Waals surface area contributed by atoms with Gasteiger partial charge in [0.25, 0.3) is 0 Å². The van der Waals surface area contributed by atoms with Crippen LogP contribution in [0.5, 0.6) is 0 Å². The summed E-state index contributed by atoms with van der Waals surface area (Å²) in [6.07, 6.45) is -4.48. The molecule has 6 nitrogen and oxygen atoms in total. The molecule has 0 unspecified atom stereocenters. The van der Waals surface area contributed by atoms with Gasteiger partial charge in [-0.3, -0.25) is 9.59 Å². The Kier molecular flexibility index (Phi) is 6.71. The Labute approximate surface area is 167 Å². The molecule has 0 aliphatic rings. The third-order valence-corrected chi connectivity index (χ3v) is 4.66. The number of rotatable bonds is 6. The molecule has 2 aromatic rings. The summed E-state index contributed by atoms with van der Waals surface area (Å²) in [5.41, 5.74) is 1.20. The number of alkyl halides is 3. The number of hydrogen-bond acceptors (Lipinski definition) is 4. The second-order valence-electron chi connectivity index (χ2n) is 6.98. The number of hydrogen-bond donors (Lipinski definition) is 0. The molecule has 9 heteroatoms. The Morgan fingerprint density at radius 1 is 1.24 bits per heavy atom. The summed E-state index contributed by atoms with van der Waals surface area (Å²) in [5, 5.41) is 4.32. The molecule has 0 spiro atoms. The normalized spacial score (nSPS) is 11.6. The topological polar surface area (TPSA) is 64.4 Å². The quantitative estimate of drug-likeness (QED) is 0.683. The van der Waals surface area contributed by atoms with Crippen LogP contribution in [0.4, 0.5) is 13.2 Å². The Hall–Kier alpha value is -2.84. The highest BCUT2D eigenvalue weighted by Gasteiger charge is 2.31. The maximum absolute atomic E-state index is 13.0. The lowest BCUT2D eigenvalue weighted by molar-refractivity contribution is -0.148. The van der Waals surface area contributed by atoms with Crippen LogP contribution in [-0.2, 0) is 26.9 Å². The van der Waals surface area contributed by atoms with Gasteiger partial charge in [0.2, 0.25) is 5.91 Å². The fraction of sp³-hybridized carbons (Fsp3) is 0.450. The summed E-state index contributed by atoms with van der Waals surface area (Å²) in [5.74, 6) is -0.819. The van der Waals surface area contributed by atoms with Crippen LogP contribution in [0.2, 0.25) is 0 Å². The minimum atomic E-state index is -4.46. The van der Waals surface area contributed by atoms with E-state index in [1.807, 2.05) is 0 Å². The third-order valence-electron chi connectivity index (χ3n) is 4.66. The van der Waals surface area contributed by atoms with Crippen LogP contribution in [0, 0.1) is 13.8 Å². The lowest BCUT2D eigenvalue weighted by Crippen LogP contribution is -2.42. The molecule has 1 aromatic heterocycles. The van der Waals surface area contributed by atoms with E-state index in [1.165, 1.54) is 28.8 Å². The van der Waals surface area contributed by atoms with Gasteiger partial charge in [0.1, 0.15) is 6.54 Å². The van der Waals surface area contributed by atoms with Crippen molar-refractivity contribution in [3.05, 3.63) is 46.8 Å². The predicted octanol–water partition coefficient (Wildman–Crippen LogP) is 3.46. The van der Waals surface area contributed by atoms with Crippen molar-refractivity contribution in [1.29, 1.82) is 0 Å². The Bertz CT molecular complexity index is 904. The highest BCUT2D eigenvalue weighted by Crippen LogP contribution is 2.31. The molecule has 0 bridgehead atoms. The summed E-state index contributed by atoms with van der Waals surface area (Å²) in [6, 6.07) is 4.63. The molecule has 1 amide bonds. The average Bonchev–Trinajstić information content (AvgIpc) is 2.93. The molecule has 0 aliphatic heterocycles. The van der Waals surface area contributed by atoms with Gasteiger partial charge in [0.15, 0.2) is 0 Å². The lowest BCUT2D eigenvalue weighted by atomic mass is 10.1. The van der Waals surface area contributed by atoms with Crippen LogP contribution in [0.3, 0.4) is 0 Å². The molecule has 0 saturated heterocycles. The summed E-state index contributed by atoms with van der Waals surface area (Å²) in [7, 11) is 1.25. The first-order valence-corrected chi connectivity index (χ1v) is 9.04. The first-order chi connectivity index (χ1) is 13.5. The second kappa shape index (κ2) is 8.67. The maximum atomic E-state index is 13.0. The number of nitrogens with zero attached hydrogens (tertiary/aromatic N) is 3. The van der Waals surface area contributed by atoms with Crippen LogP contribution in [-0.4, -0.2) is 46.3 Å². The minimum Gasteiger partial charge on any atom is -0.468 e. The van der Waals surface area contributed by atoms with Gasteiger partial charge in [-0.25, -0.2) is 4.68 Å². The lowest BCUT2D eigenvalue weighted by Gasteiger charge is -2.25. The first kappa shape index (κ1) is 22.4. The van der Waals surface area contributed by atoms with Gasteiger partial charge in [-0.2, -0.15) is 18.3 Å². The summed E-state index contributed by atoms with van der Waals surface area (Å²) in [6.45, 7) is 6.79. The molecular weight excluding hydrogens is 387 g/mol. The fourth-order valence-corrected chi connectivity index (χ4v) is 3.01. The van der Waals surface area contributed by atoms with Gasteiger partial charge < -0.3 is 9.64 Å². The number of carbonyl (C=O) groups excluding carboxylic acids is 2. The van der Waals surface area contributed by atoms with Gasteiger partial charge in [0.05, 0.1) is 30.5 Å². The molecule has 0 aliphatic carbocycles. The van der Waals surface area contributed by atoms with Gasteiger partial charge in [0, 0.05) is 17.3 Å². The molecule has 29 heavy (non-hydrogen) atoms. The number of methoxy groups -OCH3 is 1. The van der Waals surface area contributed by atoms with Crippen molar-refractivity contribution in [3.8, 4) is 5.69 Å². The van der Waals surface area contributed by atoms with Crippen LogP contribution in [0.15, 0.2) is 24.3 Å². The monoisotopic (exact) mass is 411 g/mol. The summed E-state index contributed by atoms with van der Waals surface area (Å²) < 4.78 is 45.1. The highest BCUT2D eigenvalue weighted by molar-refractivity contribution is 5.84. The zero-order valence-corrected chi connectivity index (χ0v) is 17.0. The number of carbonyl (C=O) groups is 2. The highest BCUT2D eigenvalue weighted by atomic mass is 19.4. The average molecular weight is 411 g/mol. The van der Waals surface area contributed by atoms with E-state index < -0.39 is 17.7 Å². The van der Waals surface area contributed by atoms with Crippen molar-refractivity contribution in [2.24, 2.45) is 0 Å². The number of benzene rings is 1. The summed E-state index contributed by atoms with van der Waals surface area (Å²) in [4.78, 5) is 25.8. The van der Waals surface area contributed by atoms with Crippen molar-refractivity contribution in [1.82, 2.24) is 14.7 Å². The molecule has 2 rings (SSSR count). The second-order valence-corrected chi connectivity index (χ2v) is 6.98. The maximum Gasteiger partial charge on any atom is 0.416 e. The van der Waals surface area contributed by atoms with Crippen molar-refractivity contribution in [2.45, 2.75) is 46.3 Å². The largest absolute Gasteiger partial charge is 0.468 e. The van der Waals surface area contributed by atoms with Gasteiger partial charge in [-0.15, -0.1) is 0 Å². The zero-order valence-electron chi connectivity index (χ0n) is 17.0.